The standard InChI is InChI=1S/C19H16ClFN2O4S/c1-2-26-18(25)10-23-15-8-5-13(21)9-16(15)28-19(23)22-17(24)11-27-14-6-3-12(20)4-7-14/h3-9H,2,10-11H2,1H3. The summed E-state index contributed by atoms with van der Waals surface area (Å²) in [4.78, 5) is 28.5. The Bertz CT molecular complexity index is 1080. The zero-order valence-electron chi connectivity index (χ0n) is 14.9. The third-order valence-corrected chi connectivity index (χ3v) is 4.93. The summed E-state index contributed by atoms with van der Waals surface area (Å²) in [6.07, 6.45) is 0. The molecule has 0 spiro atoms. The van der Waals surface area contributed by atoms with E-state index in [0.717, 1.165) is 11.3 Å². The molecule has 3 aromatic rings. The van der Waals surface area contributed by atoms with E-state index in [1.807, 2.05) is 0 Å². The number of halogens is 2. The molecule has 0 atom stereocenters. The first-order chi connectivity index (χ1) is 13.5. The minimum Gasteiger partial charge on any atom is -0.484 e. The van der Waals surface area contributed by atoms with E-state index >= 15 is 0 Å². The molecule has 0 saturated carbocycles. The lowest BCUT2D eigenvalue weighted by molar-refractivity contribution is -0.143. The summed E-state index contributed by atoms with van der Waals surface area (Å²) in [6, 6.07) is 10.7. The summed E-state index contributed by atoms with van der Waals surface area (Å²) in [5.41, 5.74) is 0.588. The molecule has 0 radical (unpaired) electrons. The van der Waals surface area contributed by atoms with Crippen LogP contribution in [0.25, 0.3) is 10.2 Å². The van der Waals surface area contributed by atoms with Crippen molar-refractivity contribution in [1.82, 2.24) is 4.57 Å². The van der Waals surface area contributed by atoms with E-state index in [2.05, 4.69) is 4.99 Å². The molecule has 9 heteroatoms. The number of benzene rings is 2. The van der Waals surface area contributed by atoms with Crippen LogP contribution in [0.3, 0.4) is 0 Å². The Morgan fingerprint density at radius 1 is 1.21 bits per heavy atom. The van der Waals surface area contributed by atoms with Crippen molar-refractivity contribution in [3.8, 4) is 5.75 Å². The largest absolute Gasteiger partial charge is 0.484 e. The van der Waals surface area contributed by atoms with E-state index in [1.54, 1.807) is 31.2 Å². The van der Waals surface area contributed by atoms with E-state index in [0.29, 0.717) is 21.0 Å². The van der Waals surface area contributed by atoms with Crippen molar-refractivity contribution < 1.29 is 23.5 Å². The molecular formula is C19H16ClFN2O4S. The fraction of sp³-hybridized carbons (Fsp3) is 0.211. The number of fused-ring (bicyclic) bond motifs is 1. The van der Waals surface area contributed by atoms with Crippen LogP contribution in [0.15, 0.2) is 47.5 Å². The fourth-order valence-corrected chi connectivity index (χ4v) is 3.63. The molecule has 2 aromatic carbocycles. The summed E-state index contributed by atoms with van der Waals surface area (Å²) in [5.74, 6) is -0.954. The molecule has 0 aliphatic heterocycles. The third-order valence-electron chi connectivity index (χ3n) is 3.63. The van der Waals surface area contributed by atoms with Gasteiger partial charge in [-0.1, -0.05) is 22.9 Å². The molecule has 146 valence electrons. The van der Waals surface area contributed by atoms with Gasteiger partial charge in [-0.2, -0.15) is 4.99 Å². The number of amides is 1. The summed E-state index contributed by atoms with van der Waals surface area (Å²) < 4.78 is 26.0. The van der Waals surface area contributed by atoms with Gasteiger partial charge in [0, 0.05) is 5.02 Å². The minimum atomic E-state index is -0.542. The van der Waals surface area contributed by atoms with E-state index in [1.165, 1.54) is 22.8 Å². The van der Waals surface area contributed by atoms with E-state index < -0.39 is 17.7 Å². The van der Waals surface area contributed by atoms with Crippen molar-refractivity contribution in [2.24, 2.45) is 4.99 Å². The molecule has 6 nitrogen and oxygen atoms in total. The Morgan fingerprint density at radius 2 is 1.96 bits per heavy atom. The van der Waals surface area contributed by atoms with Gasteiger partial charge in [0.2, 0.25) is 0 Å². The van der Waals surface area contributed by atoms with Crippen LogP contribution in [0.5, 0.6) is 5.75 Å². The van der Waals surface area contributed by atoms with E-state index in [-0.39, 0.29) is 24.6 Å². The number of carbonyl (C=O) groups is 2. The van der Waals surface area contributed by atoms with Crippen LogP contribution in [0.2, 0.25) is 5.02 Å². The zero-order chi connectivity index (χ0) is 20.1. The number of esters is 1. The number of ether oxygens (including phenoxy) is 2. The molecule has 0 bridgehead atoms. The Kier molecular flexibility index (Phi) is 6.43. The number of thiazole rings is 1. The van der Waals surface area contributed by atoms with Gasteiger partial charge in [0.1, 0.15) is 18.1 Å². The molecule has 1 heterocycles. The van der Waals surface area contributed by atoms with Crippen molar-refractivity contribution >= 4 is 45.0 Å². The summed E-state index contributed by atoms with van der Waals surface area (Å²) in [5, 5.41) is 0.556. The molecule has 0 fully saturated rings. The van der Waals surface area contributed by atoms with Gasteiger partial charge in [0.15, 0.2) is 11.4 Å². The lowest BCUT2D eigenvalue weighted by atomic mass is 10.3. The first-order valence-electron chi connectivity index (χ1n) is 8.36. The van der Waals surface area contributed by atoms with Crippen molar-refractivity contribution in [3.63, 3.8) is 0 Å². The normalized spacial score (nSPS) is 11.6. The second-order valence-electron chi connectivity index (χ2n) is 5.64. The molecule has 0 aliphatic rings. The molecule has 1 amide bonds. The molecule has 1 aromatic heterocycles. The average molecular weight is 423 g/mol. The number of carbonyl (C=O) groups excluding carboxylic acids is 2. The zero-order valence-corrected chi connectivity index (χ0v) is 16.4. The van der Waals surface area contributed by atoms with Crippen molar-refractivity contribution in [1.29, 1.82) is 0 Å². The van der Waals surface area contributed by atoms with E-state index in [4.69, 9.17) is 21.1 Å². The van der Waals surface area contributed by atoms with Gasteiger partial charge in [-0.05, 0) is 49.4 Å². The smallest absolute Gasteiger partial charge is 0.326 e. The first kappa shape index (κ1) is 20.0. The van der Waals surface area contributed by atoms with Gasteiger partial charge >= 0.3 is 5.97 Å². The number of rotatable bonds is 6. The quantitative estimate of drug-likeness (QED) is 0.569. The van der Waals surface area contributed by atoms with E-state index in [9.17, 15) is 14.0 Å². The highest BCUT2D eigenvalue weighted by Crippen LogP contribution is 2.19. The second kappa shape index (κ2) is 8.99. The van der Waals surface area contributed by atoms with Crippen LogP contribution in [0.1, 0.15) is 6.92 Å². The average Bonchev–Trinajstić information content (AvgIpc) is 2.97. The molecule has 0 aliphatic carbocycles. The van der Waals surface area contributed by atoms with Gasteiger partial charge < -0.3 is 14.0 Å². The fourth-order valence-electron chi connectivity index (χ4n) is 2.44. The lowest BCUT2D eigenvalue weighted by Crippen LogP contribution is -2.24. The lowest BCUT2D eigenvalue weighted by Gasteiger charge is -2.05. The van der Waals surface area contributed by atoms with Crippen molar-refractivity contribution in [2.45, 2.75) is 13.5 Å². The highest BCUT2D eigenvalue weighted by molar-refractivity contribution is 7.16. The van der Waals surface area contributed by atoms with Gasteiger partial charge in [0.25, 0.3) is 5.91 Å². The highest BCUT2D eigenvalue weighted by atomic mass is 35.5. The first-order valence-corrected chi connectivity index (χ1v) is 9.56. The van der Waals surface area contributed by atoms with Crippen LogP contribution in [0, 0.1) is 5.82 Å². The van der Waals surface area contributed by atoms with Gasteiger partial charge in [0.05, 0.1) is 16.8 Å². The van der Waals surface area contributed by atoms with Crippen LogP contribution in [-0.4, -0.2) is 29.7 Å². The maximum absolute atomic E-state index is 13.5. The van der Waals surface area contributed by atoms with Crippen LogP contribution in [0.4, 0.5) is 4.39 Å². The van der Waals surface area contributed by atoms with Crippen molar-refractivity contribution in [2.75, 3.05) is 13.2 Å². The number of aromatic nitrogens is 1. The summed E-state index contributed by atoms with van der Waals surface area (Å²) in [6.45, 7) is 1.51. The van der Waals surface area contributed by atoms with Crippen LogP contribution < -0.4 is 9.54 Å². The summed E-state index contributed by atoms with van der Waals surface area (Å²) >= 11 is 6.91. The Balaban J connectivity index is 1.87. The Hall–Kier alpha value is -2.71. The molecule has 0 unspecified atom stereocenters. The monoisotopic (exact) mass is 422 g/mol. The van der Waals surface area contributed by atoms with Gasteiger partial charge in [-0.25, -0.2) is 4.39 Å². The minimum absolute atomic E-state index is 0.135. The Labute approximate surface area is 168 Å². The van der Waals surface area contributed by atoms with Crippen molar-refractivity contribution in [3.05, 3.63) is 58.1 Å². The Morgan fingerprint density at radius 3 is 2.68 bits per heavy atom. The number of nitrogens with zero attached hydrogens (tertiary/aromatic N) is 2. The molecule has 0 N–H and O–H groups in total. The van der Waals surface area contributed by atoms with Crippen LogP contribution >= 0.6 is 22.9 Å². The highest BCUT2D eigenvalue weighted by Gasteiger charge is 2.13. The maximum Gasteiger partial charge on any atom is 0.326 e. The molecular weight excluding hydrogens is 407 g/mol. The number of hydrogen-bond acceptors (Lipinski definition) is 5. The van der Waals surface area contributed by atoms with Gasteiger partial charge in [-0.15, -0.1) is 0 Å². The molecule has 0 saturated heterocycles. The third kappa shape index (κ3) is 4.96. The predicted octanol–water partition coefficient (Wildman–Crippen LogP) is 3.56. The summed E-state index contributed by atoms with van der Waals surface area (Å²) in [7, 11) is 0. The second-order valence-corrected chi connectivity index (χ2v) is 7.08. The molecule has 28 heavy (non-hydrogen) atoms. The topological polar surface area (TPSA) is 69.9 Å². The number of hydrogen-bond donors (Lipinski definition) is 0. The predicted molar refractivity (Wildman–Crippen MR) is 104 cm³/mol. The van der Waals surface area contributed by atoms with Crippen LogP contribution in [-0.2, 0) is 20.9 Å². The van der Waals surface area contributed by atoms with Gasteiger partial charge in [-0.3, -0.25) is 9.59 Å². The SMILES string of the molecule is CCOC(=O)Cn1c(=NC(=O)COc2ccc(Cl)cc2)sc2cc(F)ccc21. The molecule has 3 rings (SSSR count). The maximum atomic E-state index is 13.5.